The quantitative estimate of drug-likeness (QED) is 0.670. The molecule has 78 valence electrons. The van der Waals surface area contributed by atoms with Crippen LogP contribution in [-0.2, 0) is 7.05 Å². The Morgan fingerprint density at radius 3 is 2.27 bits per heavy atom. The number of nitrogens with two attached hydrogens (primary N) is 1. The van der Waals surface area contributed by atoms with Crippen LogP contribution in [0.2, 0.25) is 0 Å². The van der Waals surface area contributed by atoms with E-state index in [1.54, 1.807) is 0 Å². The average Bonchev–Trinajstić information content (AvgIpc) is 2.44. The monoisotopic (exact) mass is 202 g/mol. The van der Waals surface area contributed by atoms with Crippen molar-refractivity contribution in [1.29, 1.82) is 5.41 Å². The van der Waals surface area contributed by atoms with E-state index in [4.69, 9.17) is 11.1 Å². The van der Waals surface area contributed by atoms with Gasteiger partial charge >= 0.3 is 0 Å². The topological polar surface area (TPSA) is 59.7 Å². The molecule has 0 spiro atoms. The molecule has 2 rings (SSSR count). The predicted molar refractivity (Wildman–Crippen MR) is 59.7 cm³/mol. The van der Waals surface area contributed by atoms with Gasteiger partial charge in [-0.1, -0.05) is 0 Å². The zero-order chi connectivity index (χ0) is 11.0. The fourth-order valence-corrected chi connectivity index (χ4v) is 1.60. The summed E-state index contributed by atoms with van der Waals surface area (Å²) in [5, 5.41) is 7.83. The summed E-state index contributed by atoms with van der Waals surface area (Å²) >= 11 is 0. The summed E-state index contributed by atoms with van der Waals surface area (Å²) < 4.78 is 3.77. The number of aryl methyl sites for hydroxylation is 1. The molecule has 1 heterocycles. The second kappa shape index (κ2) is 3.31. The highest BCUT2D eigenvalue weighted by molar-refractivity contribution is 5.44. The summed E-state index contributed by atoms with van der Waals surface area (Å²) in [5.41, 5.74) is 8.83. The molecule has 2 aromatic rings. The van der Waals surface area contributed by atoms with E-state index in [0.717, 1.165) is 17.1 Å². The first-order valence-electron chi connectivity index (χ1n) is 4.76. The van der Waals surface area contributed by atoms with E-state index in [2.05, 4.69) is 0 Å². The molecule has 0 aliphatic carbocycles. The largest absolute Gasteiger partial charge is 0.399 e. The van der Waals surface area contributed by atoms with E-state index in [1.807, 2.05) is 53.7 Å². The average molecular weight is 202 g/mol. The van der Waals surface area contributed by atoms with Gasteiger partial charge in [0.25, 0.3) is 0 Å². The van der Waals surface area contributed by atoms with Crippen LogP contribution in [-0.4, -0.2) is 9.36 Å². The Morgan fingerprint density at radius 2 is 1.80 bits per heavy atom. The van der Waals surface area contributed by atoms with Crippen LogP contribution < -0.4 is 11.2 Å². The van der Waals surface area contributed by atoms with Crippen molar-refractivity contribution in [3.05, 3.63) is 41.5 Å². The van der Waals surface area contributed by atoms with Crippen LogP contribution in [0.4, 0.5) is 5.69 Å². The number of hydrogen-bond donors (Lipinski definition) is 2. The number of aromatic nitrogens is 2. The molecule has 0 aliphatic rings. The van der Waals surface area contributed by atoms with Gasteiger partial charge in [0.1, 0.15) is 5.49 Å². The minimum Gasteiger partial charge on any atom is -0.399 e. The first-order chi connectivity index (χ1) is 7.09. The molecule has 4 nitrogen and oxygen atoms in total. The van der Waals surface area contributed by atoms with Gasteiger partial charge in [0.15, 0.2) is 0 Å². The van der Waals surface area contributed by atoms with Gasteiger partial charge in [-0.2, -0.15) is 0 Å². The molecule has 0 bridgehead atoms. The number of benzene rings is 1. The second-order valence-electron chi connectivity index (χ2n) is 3.60. The Hall–Kier alpha value is -1.97. The first-order valence-corrected chi connectivity index (χ1v) is 4.76. The third kappa shape index (κ3) is 1.54. The van der Waals surface area contributed by atoms with Gasteiger partial charge < -0.3 is 5.73 Å². The highest BCUT2D eigenvalue weighted by Crippen LogP contribution is 2.09. The van der Waals surface area contributed by atoms with E-state index < -0.39 is 0 Å². The lowest BCUT2D eigenvalue weighted by molar-refractivity contribution is 0.619. The standard InChI is InChI=1S/C11H14N4/c1-8-7-11(13)15(14(8)2)10-5-3-9(12)4-6-10/h3-7,13H,12H2,1-2H3. The van der Waals surface area contributed by atoms with Crippen molar-refractivity contribution in [3.8, 4) is 5.69 Å². The normalized spacial score (nSPS) is 10.5. The van der Waals surface area contributed by atoms with Gasteiger partial charge in [-0.25, -0.2) is 4.68 Å². The van der Waals surface area contributed by atoms with Crippen LogP contribution in [0.5, 0.6) is 0 Å². The molecule has 0 saturated carbocycles. The van der Waals surface area contributed by atoms with Gasteiger partial charge in [0.05, 0.1) is 5.69 Å². The lowest BCUT2D eigenvalue weighted by Crippen LogP contribution is -2.19. The maximum atomic E-state index is 7.83. The molecule has 0 aliphatic heterocycles. The smallest absolute Gasteiger partial charge is 0.146 e. The zero-order valence-corrected chi connectivity index (χ0v) is 8.86. The third-order valence-corrected chi connectivity index (χ3v) is 2.52. The number of anilines is 1. The lowest BCUT2D eigenvalue weighted by atomic mass is 10.3. The van der Waals surface area contributed by atoms with Crippen LogP contribution in [0.25, 0.3) is 5.69 Å². The van der Waals surface area contributed by atoms with Crippen LogP contribution in [0, 0.1) is 12.3 Å². The van der Waals surface area contributed by atoms with E-state index in [9.17, 15) is 0 Å². The number of nitrogens with zero attached hydrogens (tertiary/aromatic N) is 2. The summed E-state index contributed by atoms with van der Waals surface area (Å²) in [5.74, 6) is 0. The Labute approximate surface area is 88.1 Å². The molecule has 0 amide bonds. The Kier molecular flexibility index (Phi) is 2.11. The van der Waals surface area contributed by atoms with Crippen LogP contribution >= 0.6 is 0 Å². The first kappa shape index (κ1) is 9.58. The SMILES string of the molecule is Cc1cc(=N)n(-c2ccc(N)cc2)n1C. The third-order valence-electron chi connectivity index (χ3n) is 2.52. The molecule has 0 radical (unpaired) electrons. The van der Waals surface area contributed by atoms with Crippen molar-refractivity contribution in [3.63, 3.8) is 0 Å². The summed E-state index contributed by atoms with van der Waals surface area (Å²) in [6.45, 7) is 1.98. The fourth-order valence-electron chi connectivity index (χ4n) is 1.60. The van der Waals surface area contributed by atoms with Gasteiger partial charge in [0.2, 0.25) is 0 Å². The zero-order valence-electron chi connectivity index (χ0n) is 8.86. The van der Waals surface area contributed by atoms with Crippen molar-refractivity contribution in [2.75, 3.05) is 5.73 Å². The lowest BCUT2D eigenvalue weighted by Gasteiger charge is -2.09. The van der Waals surface area contributed by atoms with Crippen molar-refractivity contribution in [1.82, 2.24) is 9.36 Å². The molecule has 0 atom stereocenters. The summed E-state index contributed by atoms with van der Waals surface area (Å²) in [7, 11) is 1.93. The molecular formula is C11H14N4. The molecule has 3 N–H and O–H groups in total. The predicted octanol–water partition coefficient (Wildman–Crippen LogP) is 1.19. The molecule has 0 fully saturated rings. The highest BCUT2D eigenvalue weighted by Gasteiger charge is 2.03. The fraction of sp³-hybridized carbons (Fsp3) is 0.182. The van der Waals surface area contributed by atoms with Crippen LogP contribution in [0.3, 0.4) is 0 Å². The Bertz CT molecular complexity index is 531. The Morgan fingerprint density at radius 1 is 1.20 bits per heavy atom. The molecule has 0 saturated heterocycles. The van der Waals surface area contributed by atoms with E-state index in [-0.39, 0.29) is 0 Å². The van der Waals surface area contributed by atoms with Gasteiger partial charge in [0, 0.05) is 24.5 Å². The number of rotatable bonds is 1. The second-order valence-corrected chi connectivity index (χ2v) is 3.60. The number of hydrogen-bond acceptors (Lipinski definition) is 2. The van der Waals surface area contributed by atoms with E-state index >= 15 is 0 Å². The summed E-state index contributed by atoms with van der Waals surface area (Å²) in [6, 6.07) is 9.32. The number of nitrogens with one attached hydrogen (secondary N) is 1. The van der Waals surface area contributed by atoms with E-state index in [1.165, 1.54) is 0 Å². The minimum atomic E-state index is 0.472. The highest BCUT2D eigenvalue weighted by atomic mass is 15.4. The van der Waals surface area contributed by atoms with Gasteiger partial charge in [-0.3, -0.25) is 10.1 Å². The van der Waals surface area contributed by atoms with Gasteiger partial charge in [-0.05, 0) is 31.2 Å². The molecule has 1 aromatic carbocycles. The van der Waals surface area contributed by atoms with E-state index in [0.29, 0.717) is 5.49 Å². The van der Waals surface area contributed by atoms with Crippen molar-refractivity contribution >= 4 is 5.69 Å². The van der Waals surface area contributed by atoms with Crippen molar-refractivity contribution in [2.45, 2.75) is 6.92 Å². The van der Waals surface area contributed by atoms with Crippen molar-refractivity contribution < 1.29 is 0 Å². The molecule has 4 heteroatoms. The number of nitrogen functional groups attached to an aromatic ring is 1. The molecule has 15 heavy (non-hydrogen) atoms. The molecule has 0 unspecified atom stereocenters. The van der Waals surface area contributed by atoms with Crippen LogP contribution in [0.15, 0.2) is 30.3 Å². The van der Waals surface area contributed by atoms with Crippen LogP contribution in [0.1, 0.15) is 5.69 Å². The summed E-state index contributed by atoms with van der Waals surface area (Å²) in [4.78, 5) is 0. The molecule has 1 aromatic heterocycles. The Balaban J connectivity index is 2.64. The van der Waals surface area contributed by atoms with Crippen molar-refractivity contribution in [2.24, 2.45) is 7.05 Å². The maximum Gasteiger partial charge on any atom is 0.146 e. The maximum absolute atomic E-state index is 7.83. The molecular weight excluding hydrogens is 188 g/mol. The summed E-state index contributed by atoms with van der Waals surface area (Å²) in [6.07, 6.45) is 0. The van der Waals surface area contributed by atoms with Gasteiger partial charge in [-0.15, -0.1) is 0 Å². The minimum absolute atomic E-state index is 0.472.